The van der Waals surface area contributed by atoms with Gasteiger partial charge in [0.1, 0.15) is 17.7 Å². The average Bonchev–Trinajstić information content (AvgIpc) is 3.86. The fourth-order valence-corrected chi connectivity index (χ4v) is 9.69. The maximum Gasteiger partial charge on any atom is 0.274 e. The molecule has 0 radical (unpaired) electrons. The number of nitrogens with one attached hydrogen (secondary N) is 1. The molecule has 3 aromatic rings. The Morgan fingerprint density at radius 3 is 2.60 bits per heavy atom. The second-order valence-corrected chi connectivity index (χ2v) is 17.9. The lowest BCUT2D eigenvalue weighted by molar-refractivity contribution is -0.142. The summed E-state index contributed by atoms with van der Waals surface area (Å²) in [6.07, 6.45) is 8.15. The summed E-state index contributed by atoms with van der Waals surface area (Å²) in [5.41, 5.74) is -0.121. The maximum absolute atomic E-state index is 14.5. The Kier molecular flexibility index (Phi) is 9.34. The van der Waals surface area contributed by atoms with Crippen molar-refractivity contribution < 1.29 is 36.3 Å². The summed E-state index contributed by atoms with van der Waals surface area (Å²) < 4.78 is 63.1. The highest BCUT2D eigenvalue weighted by molar-refractivity contribution is 7.91. The van der Waals surface area contributed by atoms with Crippen molar-refractivity contribution in [3.8, 4) is 5.19 Å². The van der Waals surface area contributed by atoms with E-state index in [-0.39, 0.29) is 43.4 Å². The number of hydrogen-bond donors (Lipinski definition) is 1. The van der Waals surface area contributed by atoms with Gasteiger partial charge in [-0.25, -0.2) is 22.2 Å². The molecule has 2 saturated carbocycles. The Hall–Kier alpha value is -3.71. The standard InChI is InChI=1S/C37H41F2N3O6S2/c1-36(13-14-36)50(46,47)41-34(45)37-20-25(37)10-6-4-2-3-5-9-24(15-23-16-26(38)18-27(39)17-23)33(44)42-22-28(19-30(42)31(43)21-37)48-35-40-29-11-7-8-12-32(29)49-35/h6-8,10-12,16-18,24-25,28,30H,2-5,9,13-15,19-22H2,1H3,(H,41,45)/b10-6-/t24-,25-,28-,30+,37-/m1/s1. The van der Waals surface area contributed by atoms with Crippen LogP contribution in [0.3, 0.4) is 0 Å². The first-order valence-corrected chi connectivity index (χ1v) is 19.7. The summed E-state index contributed by atoms with van der Waals surface area (Å²) in [6, 6.07) is 9.90. The van der Waals surface area contributed by atoms with Crippen LogP contribution in [0.4, 0.5) is 8.78 Å². The first-order valence-electron chi connectivity index (χ1n) is 17.4. The minimum Gasteiger partial charge on any atom is -0.465 e. The summed E-state index contributed by atoms with van der Waals surface area (Å²) in [4.78, 5) is 48.7. The summed E-state index contributed by atoms with van der Waals surface area (Å²) in [5.74, 6) is -3.75. The molecule has 4 aliphatic rings. The number of allylic oxidation sites excluding steroid dienone is 2. The van der Waals surface area contributed by atoms with Gasteiger partial charge in [0, 0.05) is 24.8 Å². The highest BCUT2D eigenvalue weighted by Crippen LogP contribution is 2.57. The van der Waals surface area contributed by atoms with E-state index in [2.05, 4.69) is 9.71 Å². The van der Waals surface area contributed by atoms with Crippen LogP contribution in [0.15, 0.2) is 54.6 Å². The SMILES string of the molecule is CC1(S(=O)(=O)NC(=O)[C@]23CC(=O)[C@@H]4C[C@@H](Oc5nc6ccccc6s5)CN4C(=O)[C@@H](Cc4cc(F)cc(F)c4)CCCCC/C=C\[C@@H]2C3)CC1. The Balaban J connectivity index is 1.19. The highest BCUT2D eigenvalue weighted by Gasteiger charge is 2.62. The van der Waals surface area contributed by atoms with Crippen molar-refractivity contribution in [3.05, 3.63) is 71.8 Å². The summed E-state index contributed by atoms with van der Waals surface area (Å²) in [6.45, 7) is 1.70. The van der Waals surface area contributed by atoms with E-state index < -0.39 is 55.8 Å². The molecule has 3 fully saturated rings. The van der Waals surface area contributed by atoms with Crippen molar-refractivity contribution in [2.75, 3.05) is 6.54 Å². The number of halogens is 2. The summed E-state index contributed by atoms with van der Waals surface area (Å²) in [5, 5.41) is 0.410. The number of ketones is 1. The van der Waals surface area contributed by atoms with E-state index >= 15 is 0 Å². The van der Waals surface area contributed by atoms with Crippen LogP contribution in [-0.4, -0.2) is 59.3 Å². The van der Waals surface area contributed by atoms with Gasteiger partial charge < -0.3 is 9.64 Å². The molecule has 0 bridgehead atoms. The van der Waals surface area contributed by atoms with Gasteiger partial charge >= 0.3 is 0 Å². The minimum atomic E-state index is -3.93. The van der Waals surface area contributed by atoms with Crippen molar-refractivity contribution in [1.82, 2.24) is 14.6 Å². The van der Waals surface area contributed by atoms with Crippen molar-refractivity contribution in [2.45, 2.75) is 94.4 Å². The molecule has 266 valence electrons. The van der Waals surface area contributed by atoms with Crippen LogP contribution in [0.5, 0.6) is 5.19 Å². The molecule has 9 nitrogen and oxygen atoms in total. The molecule has 1 saturated heterocycles. The first-order chi connectivity index (χ1) is 23.9. The molecule has 0 spiro atoms. The zero-order valence-electron chi connectivity index (χ0n) is 27.9. The molecule has 7 rings (SSSR count). The molecular weight excluding hydrogens is 685 g/mol. The number of para-hydroxylation sites is 1. The number of carbonyl (C=O) groups excluding carboxylic acids is 3. The van der Waals surface area contributed by atoms with Crippen molar-refractivity contribution in [2.24, 2.45) is 17.3 Å². The molecule has 2 aromatic carbocycles. The van der Waals surface area contributed by atoms with Gasteiger partial charge in [0.05, 0.1) is 33.0 Å². The zero-order chi connectivity index (χ0) is 35.3. The quantitative estimate of drug-likeness (QED) is 0.285. The molecule has 13 heteroatoms. The Bertz CT molecular complexity index is 1910. The first kappa shape index (κ1) is 34.7. The van der Waals surface area contributed by atoms with Gasteiger partial charge in [-0.2, -0.15) is 0 Å². The van der Waals surface area contributed by atoms with Gasteiger partial charge in [0.15, 0.2) is 5.78 Å². The molecule has 2 aliphatic carbocycles. The Labute approximate surface area is 294 Å². The van der Waals surface area contributed by atoms with Crippen LogP contribution in [0, 0.1) is 28.9 Å². The van der Waals surface area contributed by atoms with E-state index in [0.29, 0.717) is 42.9 Å². The van der Waals surface area contributed by atoms with Crippen LogP contribution in [0.1, 0.15) is 76.7 Å². The number of fused-ring (bicyclic) bond motifs is 3. The predicted octanol–water partition coefficient (Wildman–Crippen LogP) is 6.27. The number of Topliss-reactive ketones (excluding diaryl/α,β-unsaturated/α-hetero) is 1. The minimum absolute atomic E-state index is 0.0917. The van der Waals surface area contributed by atoms with Crippen LogP contribution < -0.4 is 9.46 Å². The number of amides is 2. The van der Waals surface area contributed by atoms with Crippen molar-refractivity contribution in [1.29, 1.82) is 0 Å². The van der Waals surface area contributed by atoms with Gasteiger partial charge in [0.2, 0.25) is 21.8 Å². The van der Waals surface area contributed by atoms with Crippen LogP contribution in [-0.2, 0) is 30.8 Å². The third-order valence-corrected chi connectivity index (χ3v) is 14.0. The number of nitrogens with zero attached hydrogens (tertiary/aromatic N) is 2. The number of rotatable bonds is 7. The largest absolute Gasteiger partial charge is 0.465 e. The van der Waals surface area contributed by atoms with Gasteiger partial charge in [0.25, 0.3) is 5.19 Å². The van der Waals surface area contributed by atoms with Crippen LogP contribution >= 0.6 is 11.3 Å². The highest BCUT2D eigenvalue weighted by atomic mass is 32.2. The van der Waals surface area contributed by atoms with Gasteiger partial charge in [-0.1, -0.05) is 48.5 Å². The topological polar surface area (TPSA) is 123 Å². The smallest absolute Gasteiger partial charge is 0.274 e. The maximum atomic E-state index is 14.5. The van der Waals surface area contributed by atoms with Crippen LogP contribution in [0.25, 0.3) is 10.2 Å². The molecule has 2 aliphatic heterocycles. The molecule has 50 heavy (non-hydrogen) atoms. The molecule has 2 amide bonds. The van der Waals surface area contributed by atoms with E-state index in [1.807, 2.05) is 36.4 Å². The summed E-state index contributed by atoms with van der Waals surface area (Å²) >= 11 is 1.36. The third-order valence-electron chi connectivity index (χ3n) is 10.9. The van der Waals surface area contributed by atoms with E-state index in [1.54, 1.807) is 6.92 Å². The zero-order valence-corrected chi connectivity index (χ0v) is 29.5. The van der Waals surface area contributed by atoms with E-state index in [1.165, 1.54) is 28.4 Å². The number of carbonyl (C=O) groups is 3. The third kappa shape index (κ3) is 7.08. The number of aromatic nitrogens is 1. The normalized spacial score (nSPS) is 29.0. The number of ether oxygens (including phenoxy) is 1. The lowest BCUT2D eigenvalue weighted by atomic mass is 9.90. The van der Waals surface area contributed by atoms with Crippen molar-refractivity contribution >= 4 is 49.2 Å². The lowest BCUT2D eigenvalue weighted by Crippen LogP contribution is -2.47. The molecule has 3 heterocycles. The molecular formula is C37H41F2N3O6S2. The monoisotopic (exact) mass is 725 g/mol. The van der Waals surface area contributed by atoms with E-state index in [9.17, 15) is 31.6 Å². The predicted molar refractivity (Wildman–Crippen MR) is 185 cm³/mol. The van der Waals surface area contributed by atoms with Gasteiger partial charge in [-0.05, 0) is 87.6 Å². The molecule has 1 N–H and O–H groups in total. The van der Waals surface area contributed by atoms with Crippen molar-refractivity contribution in [3.63, 3.8) is 0 Å². The Morgan fingerprint density at radius 2 is 1.86 bits per heavy atom. The number of hydrogen-bond acceptors (Lipinski definition) is 8. The molecule has 5 atom stereocenters. The van der Waals surface area contributed by atoms with E-state index in [4.69, 9.17) is 4.74 Å². The second-order valence-electron chi connectivity index (χ2n) is 14.7. The van der Waals surface area contributed by atoms with E-state index in [0.717, 1.165) is 35.5 Å². The second kappa shape index (κ2) is 13.4. The fraction of sp³-hybridized carbons (Fsp3) is 0.514. The lowest BCUT2D eigenvalue weighted by Gasteiger charge is -2.29. The van der Waals surface area contributed by atoms with Gasteiger partial charge in [-0.3, -0.25) is 19.1 Å². The fourth-order valence-electron chi connectivity index (χ4n) is 7.48. The van der Waals surface area contributed by atoms with Crippen LogP contribution in [0.2, 0.25) is 0 Å². The van der Waals surface area contributed by atoms with Gasteiger partial charge in [-0.15, -0.1) is 0 Å². The average molecular weight is 726 g/mol. The molecule has 1 aromatic heterocycles. The number of thiazole rings is 1. The number of sulfonamides is 1. The number of benzene rings is 2. The Morgan fingerprint density at radius 1 is 1.10 bits per heavy atom. The summed E-state index contributed by atoms with van der Waals surface area (Å²) in [7, 11) is -3.93. The molecule has 0 unspecified atom stereocenters.